The molecule has 0 aliphatic heterocycles. The van der Waals surface area contributed by atoms with Crippen LogP contribution in [0.3, 0.4) is 0 Å². The number of carboxylic acid groups (broad SMARTS) is 1. The predicted molar refractivity (Wildman–Crippen MR) is 64.0 cm³/mol. The summed E-state index contributed by atoms with van der Waals surface area (Å²) in [5, 5.41) is 18.9. The monoisotopic (exact) mass is 300 g/mol. The molecule has 1 aromatic carbocycles. The third-order valence-corrected chi connectivity index (χ3v) is 3.84. The Kier molecular flexibility index (Phi) is 4.77. The zero-order chi connectivity index (χ0) is 15.3. The Morgan fingerprint density at radius 1 is 1.40 bits per heavy atom. The smallest absolute Gasteiger partial charge is 0.335 e. The molecule has 2 N–H and O–H groups in total. The molecule has 1 rings (SSSR count). The first-order valence-electron chi connectivity index (χ1n) is 5.17. The predicted octanol–water partition coefficient (Wildman–Crippen LogP) is -0.0626. The normalized spacial score (nSPS) is 10.6. The second kappa shape index (κ2) is 6.12. The standard InChI is InChI=1S/C11H9FN2O5S/c12-8-5-7(11(16)17)1-2-9(8)20(18,19)6-10(15)14-4-3-13/h1-2,5H,4,6H2,(H,14,15)(H,16,17). The van der Waals surface area contributed by atoms with Crippen LogP contribution in [0.25, 0.3) is 0 Å². The third kappa shape index (κ3) is 3.76. The lowest BCUT2D eigenvalue weighted by molar-refractivity contribution is -0.118. The summed E-state index contributed by atoms with van der Waals surface area (Å²) >= 11 is 0. The lowest BCUT2D eigenvalue weighted by atomic mass is 10.2. The van der Waals surface area contributed by atoms with Crippen molar-refractivity contribution in [1.29, 1.82) is 5.26 Å². The van der Waals surface area contributed by atoms with Crippen molar-refractivity contribution in [2.75, 3.05) is 12.3 Å². The molecule has 0 heterocycles. The minimum absolute atomic E-state index is 0.366. The van der Waals surface area contributed by atoms with Crippen LogP contribution in [0.5, 0.6) is 0 Å². The van der Waals surface area contributed by atoms with Gasteiger partial charge in [0.15, 0.2) is 9.84 Å². The van der Waals surface area contributed by atoms with Crippen molar-refractivity contribution in [3.8, 4) is 6.07 Å². The maximum absolute atomic E-state index is 13.6. The van der Waals surface area contributed by atoms with E-state index in [9.17, 15) is 22.4 Å². The van der Waals surface area contributed by atoms with Crippen molar-refractivity contribution in [3.05, 3.63) is 29.6 Å². The first kappa shape index (κ1) is 15.6. The highest BCUT2D eigenvalue weighted by atomic mass is 32.2. The Morgan fingerprint density at radius 3 is 2.55 bits per heavy atom. The minimum Gasteiger partial charge on any atom is -0.478 e. The molecule has 0 atom stereocenters. The van der Waals surface area contributed by atoms with Crippen LogP contribution in [0.1, 0.15) is 10.4 Å². The number of hydrogen-bond acceptors (Lipinski definition) is 5. The van der Waals surface area contributed by atoms with Crippen LogP contribution in [0, 0.1) is 17.1 Å². The van der Waals surface area contributed by atoms with E-state index in [1.54, 1.807) is 6.07 Å². The summed E-state index contributed by atoms with van der Waals surface area (Å²) in [7, 11) is -4.25. The van der Waals surface area contributed by atoms with Gasteiger partial charge in [-0.1, -0.05) is 0 Å². The molecule has 0 spiro atoms. The van der Waals surface area contributed by atoms with Gasteiger partial charge in [0.05, 0.1) is 11.6 Å². The largest absolute Gasteiger partial charge is 0.478 e. The van der Waals surface area contributed by atoms with E-state index in [4.69, 9.17) is 10.4 Å². The van der Waals surface area contributed by atoms with Crippen LogP contribution in [-0.2, 0) is 14.6 Å². The Balaban J connectivity index is 3.02. The van der Waals surface area contributed by atoms with Gasteiger partial charge < -0.3 is 10.4 Å². The number of hydrogen-bond donors (Lipinski definition) is 2. The number of amides is 1. The molecule has 0 aromatic heterocycles. The van der Waals surface area contributed by atoms with E-state index in [-0.39, 0.29) is 6.54 Å². The van der Waals surface area contributed by atoms with Crippen molar-refractivity contribution in [3.63, 3.8) is 0 Å². The van der Waals surface area contributed by atoms with Gasteiger partial charge in [-0.15, -0.1) is 0 Å². The lowest BCUT2D eigenvalue weighted by Crippen LogP contribution is -2.30. The molecule has 0 aliphatic rings. The van der Waals surface area contributed by atoms with Crippen molar-refractivity contribution < 1.29 is 27.5 Å². The number of sulfone groups is 1. The molecular weight excluding hydrogens is 291 g/mol. The zero-order valence-electron chi connectivity index (χ0n) is 9.96. The quantitative estimate of drug-likeness (QED) is 0.734. The van der Waals surface area contributed by atoms with E-state index in [2.05, 4.69) is 0 Å². The van der Waals surface area contributed by atoms with E-state index < -0.39 is 43.7 Å². The minimum atomic E-state index is -4.25. The van der Waals surface area contributed by atoms with Crippen molar-refractivity contribution in [2.45, 2.75) is 4.90 Å². The van der Waals surface area contributed by atoms with Crippen molar-refractivity contribution in [1.82, 2.24) is 5.32 Å². The average Bonchev–Trinajstić information content (AvgIpc) is 2.35. The van der Waals surface area contributed by atoms with Crippen LogP contribution < -0.4 is 5.32 Å². The van der Waals surface area contributed by atoms with E-state index in [0.29, 0.717) is 6.07 Å². The highest BCUT2D eigenvalue weighted by Gasteiger charge is 2.23. The summed E-state index contributed by atoms with van der Waals surface area (Å²) < 4.78 is 37.1. The van der Waals surface area contributed by atoms with E-state index in [1.165, 1.54) is 0 Å². The number of carbonyl (C=O) groups excluding carboxylic acids is 1. The Morgan fingerprint density at radius 2 is 2.05 bits per heavy atom. The van der Waals surface area contributed by atoms with Crippen LogP contribution in [0.4, 0.5) is 4.39 Å². The molecule has 0 unspecified atom stereocenters. The molecule has 1 aromatic rings. The molecule has 0 radical (unpaired) electrons. The SMILES string of the molecule is N#CCNC(=O)CS(=O)(=O)c1ccc(C(=O)O)cc1F. The summed E-state index contributed by atoms with van der Waals surface area (Å²) in [6, 6.07) is 3.85. The first-order valence-corrected chi connectivity index (χ1v) is 6.82. The lowest BCUT2D eigenvalue weighted by Gasteiger charge is -2.06. The molecule has 20 heavy (non-hydrogen) atoms. The number of carbonyl (C=O) groups is 2. The maximum Gasteiger partial charge on any atom is 0.335 e. The topological polar surface area (TPSA) is 124 Å². The van der Waals surface area contributed by atoms with Crippen LogP contribution >= 0.6 is 0 Å². The van der Waals surface area contributed by atoms with Crippen molar-refractivity contribution >= 4 is 21.7 Å². The van der Waals surface area contributed by atoms with Gasteiger partial charge in [0.1, 0.15) is 23.0 Å². The Hall–Kier alpha value is -2.47. The summed E-state index contributed by atoms with van der Waals surface area (Å²) in [5.74, 6) is -4.64. The van der Waals surface area contributed by atoms with Gasteiger partial charge in [-0.25, -0.2) is 17.6 Å². The average molecular weight is 300 g/mol. The maximum atomic E-state index is 13.6. The van der Waals surface area contributed by atoms with E-state index in [1.807, 2.05) is 5.32 Å². The van der Waals surface area contributed by atoms with Crippen LogP contribution in [-0.4, -0.2) is 37.7 Å². The fraction of sp³-hybridized carbons (Fsp3) is 0.182. The molecule has 1 amide bonds. The van der Waals surface area contributed by atoms with Crippen molar-refractivity contribution in [2.24, 2.45) is 0 Å². The zero-order valence-corrected chi connectivity index (χ0v) is 10.8. The number of carboxylic acids is 1. The van der Waals surface area contributed by atoms with Gasteiger partial charge in [-0.2, -0.15) is 5.26 Å². The summed E-state index contributed by atoms with van der Waals surface area (Å²) in [5.41, 5.74) is -0.407. The summed E-state index contributed by atoms with van der Waals surface area (Å²) in [4.78, 5) is 21.0. The number of rotatable bonds is 5. The van der Waals surface area contributed by atoms with Crippen LogP contribution in [0.15, 0.2) is 23.1 Å². The molecule has 0 saturated heterocycles. The van der Waals surface area contributed by atoms with E-state index in [0.717, 1.165) is 12.1 Å². The number of aromatic carboxylic acids is 1. The van der Waals surface area contributed by atoms with Gasteiger partial charge in [0.25, 0.3) is 0 Å². The molecule has 0 fully saturated rings. The van der Waals surface area contributed by atoms with Gasteiger partial charge in [-0.3, -0.25) is 4.79 Å². The first-order chi connectivity index (χ1) is 9.27. The van der Waals surface area contributed by atoms with Gasteiger partial charge in [0, 0.05) is 0 Å². The molecule has 9 heteroatoms. The molecule has 106 valence electrons. The third-order valence-electron chi connectivity index (χ3n) is 2.20. The van der Waals surface area contributed by atoms with Gasteiger partial charge in [0.2, 0.25) is 5.91 Å². The van der Waals surface area contributed by atoms with Gasteiger partial charge in [-0.05, 0) is 18.2 Å². The Labute approximate surface area is 113 Å². The van der Waals surface area contributed by atoms with Gasteiger partial charge >= 0.3 is 5.97 Å². The molecule has 0 bridgehead atoms. The Bertz CT molecular complexity index is 693. The molecule has 0 aliphatic carbocycles. The fourth-order valence-corrected chi connectivity index (χ4v) is 2.56. The number of nitrogens with zero attached hydrogens (tertiary/aromatic N) is 1. The second-order valence-corrected chi connectivity index (χ2v) is 5.60. The highest BCUT2D eigenvalue weighted by Crippen LogP contribution is 2.17. The fourth-order valence-electron chi connectivity index (χ4n) is 1.33. The summed E-state index contributed by atoms with van der Waals surface area (Å²) in [6.45, 7) is -0.366. The van der Waals surface area contributed by atoms with E-state index >= 15 is 0 Å². The second-order valence-electron chi connectivity index (χ2n) is 3.64. The number of halogens is 1. The number of nitriles is 1. The number of benzene rings is 1. The summed E-state index contributed by atoms with van der Waals surface area (Å²) in [6.07, 6.45) is 0. The molecule has 7 nitrogen and oxygen atoms in total. The molecular formula is C11H9FN2O5S. The highest BCUT2D eigenvalue weighted by molar-refractivity contribution is 7.92. The van der Waals surface area contributed by atoms with Crippen LogP contribution in [0.2, 0.25) is 0 Å². The number of nitrogens with one attached hydrogen (secondary N) is 1. The molecule has 0 saturated carbocycles.